The molecule has 0 aliphatic heterocycles. The summed E-state index contributed by atoms with van der Waals surface area (Å²) in [5.41, 5.74) is 8.63. The zero-order valence-electron chi connectivity index (χ0n) is 10.8. The molecule has 0 aliphatic rings. The molecule has 0 spiro atoms. The predicted octanol–water partition coefficient (Wildman–Crippen LogP) is 3.86. The minimum Gasteiger partial charge on any atom is -0.390 e. The van der Waals surface area contributed by atoms with Crippen LogP contribution in [-0.2, 0) is 0 Å². The minimum atomic E-state index is 0.904. The lowest BCUT2D eigenvalue weighted by Gasteiger charge is -2.10. The van der Waals surface area contributed by atoms with E-state index in [0.717, 1.165) is 21.7 Å². The van der Waals surface area contributed by atoms with Gasteiger partial charge in [-0.05, 0) is 11.8 Å². The van der Waals surface area contributed by atoms with Crippen LogP contribution in [0, 0.1) is 0 Å². The fourth-order valence-corrected chi connectivity index (χ4v) is 2.61. The lowest BCUT2D eigenvalue weighted by atomic mass is 10.1. The number of aliphatic imine (C=N–C) groups is 1. The fraction of sp³-hybridized carbons (Fsp3) is 0.0625. The summed E-state index contributed by atoms with van der Waals surface area (Å²) in [5, 5.41) is 0. The van der Waals surface area contributed by atoms with Gasteiger partial charge in [0.1, 0.15) is 0 Å². The van der Waals surface area contributed by atoms with Crippen molar-refractivity contribution in [3.8, 4) is 0 Å². The highest BCUT2D eigenvalue weighted by molar-refractivity contribution is 8.07. The van der Waals surface area contributed by atoms with Gasteiger partial charge in [0.2, 0.25) is 0 Å². The Morgan fingerprint density at radius 1 is 0.947 bits per heavy atom. The molecule has 0 heterocycles. The SMILES string of the molecule is CS/C(=C(\N=CN)c1ccccc1)c1ccccc1. The third kappa shape index (κ3) is 3.26. The first kappa shape index (κ1) is 13.4. The van der Waals surface area contributed by atoms with Crippen molar-refractivity contribution in [3.05, 3.63) is 71.8 Å². The molecule has 3 heteroatoms. The van der Waals surface area contributed by atoms with E-state index < -0.39 is 0 Å². The van der Waals surface area contributed by atoms with Crippen LogP contribution < -0.4 is 5.73 Å². The lowest BCUT2D eigenvalue weighted by molar-refractivity contribution is 1.50. The molecular weight excluding hydrogens is 252 g/mol. The maximum atomic E-state index is 5.50. The molecule has 2 rings (SSSR count). The summed E-state index contributed by atoms with van der Waals surface area (Å²) in [7, 11) is 0. The quantitative estimate of drug-likeness (QED) is 0.519. The molecule has 0 saturated heterocycles. The standard InChI is InChI=1S/C16H16N2S/c1-19-16(14-10-6-3-7-11-14)15(18-12-17)13-8-4-2-5-9-13/h2-12H,1H3,(H2,17,18)/b16-15-. The van der Waals surface area contributed by atoms with Crippen molar-refractivity contribution < 1.29 is 0 Å². The number of benzene rings is 2. The molecule has 2 nitrogen and oxygen atoms in total. The van der Waals surface area contributed by atoms with Crippen molar-refractivity contribution in [2.24, 2.45) is 10.7 Å². The van der Waals surface area contributed by atoms with Crippen LogP contribution in [0.5, 0.6) is 0 Å². The van der Waals surface area contributed by atoms with Gasteiger partial charge in [0.05, 0.1) is 12.0 Å². The van der Waals surface area contributed by atoms with Gasteiger partial charge in [-0.1, -0.05) is 60.7 Å². The molecule has 0 aromatic heterocycles. The van der Waals surface area contributed by atoms with E-state index >= 15 is 0 Å². The topological polar surface area (TPSA) is 38.4 Å². The molecule has 0 amide bonds. The normalized spacial score (nSPS) is 12.5. The van der Waals surface area contributed by atoms with Gasteiger partial charge in [0.25, 0.3) is 0 Å². The van der Waals surface area contributed by atoms with Crippen molar-refractivity contribution in [3.63, 3.8) is 0 Å². The Morgan fingerprint density at radius 2 is 1.47 bits per heavy atom. The fourth-order valence-electron chi connectivity index (χ4n) is 1.88. The van der Waals surface area contributed by atoms with Crippen LogP contribution in [-0.4, -0.2) is 12.6 Å². The third-order valence-electron chi connectivity index (χ3n) is 2.71. The second-order valence-corrected chi connectivity index (χ2v) is 4.71. The van der Waals surface area contributed by atoms with Gasteiger partial charge in [-0.2, -0.15) is 0 Å². The highest BCUT2D eigenvalue weighted by Gasteiger charge is 2.09. The summed E-state index contributed by atoms with van der Waals surface area (Å²) >= 11 is 1.68. The van der Waals surface area contributed by atoms with E-state index in [0.29, 0.717) is 0 Å². The molecule has 2 aromatic carbocycles. The average molecular weight is 268 g/mol. The molecule has 0 radical (unpaired) electrons. The Kier molecular flexibility index (Phi) is 4.81. The van der Waals surface area contributed by atoms with Crippen LogP contribution in [0.25, 0.3) is 10.6 Å². The maximum absolute atomic E-state index is 5.50. The van der Waals surface area contributed by atoms with Crippen molar-refractivity contribution in [1.82, 2.24) is 0 Å². The number of nitrogens with two attached hydrogens (primary N) is 1. The number of hydrogen-bond acceptors (Lipinski definition) is 2. The van der Waals surface area contributed by atoms with Gasteiger partial charge < -0.3 is 5.73 Å². The number of rotatable bonds is 4. The van der Waals surface area contributed by atoms with Crippen molar-refractivity contribution in [1.29, 1.82) is 0 Å². The van der Waals surface area contributed by atoms with Gasteiger partial charge in [0.15, 0.2) is 0 Å². The van der Waals surface area contributed by atoms with Crippen LogP contribution >= 0.6 is 11.8 Å². The molecule has 0 atom stereocenters. The van der Waals surface area contributed by atoms with E-state index in [2.05, 4.69) is 23.4 Å². The van der Waals surface area contributed by atoms with Crippen molar-refractivity contribution in [2.75, 3.05) is 6.26 Å². The van der Waals surface area contributed by atoms with Gasteiger partial charge in [-0.25, -0.2) is 4.99 Å². The minimum absolute atomic E-state index is 0.904. The van der Waals surface area contributed by atoms with Crippen LogP contribution in [0.15, 0.2) is 65.7 Å². The predicted molar refractivity (Wildman–Crippen MR) is 85.9 cm³/mol. The lowest BCUT2D eigenvalue weighted by Crippen LogP contribution is -1.93. The molecule has 0 bridgehead atoms. The first-order valence-corrected chi connectivity index (χ1v) is 7.22. The number of nitrogens with zero attached hydrogens (tertiary/aromatic N) is 1. The van der Waals surface area contributed by atoms with Crippen LogP contribution in [0.3, 0.4) is 0 Å². The second-order valence-electron chi connectivity index (χ2n) is 3.89. The average Bonchev–Trinajstić information content (AvgIpc) is 2.49. The summed E-state index contributed by atoms with van der Waals surface area (Å²) in [6, 6.07) is 20.3. The zero-order chi connectivity index (χ0) is 13.5. The maximum Gasteiger partial charge on any atom is 0.0861 e. The van der Waals surface area contributed by atoms with E-state index in [9.17, 15) is 0 Å². The van der Waals surface area contributed by atoms with E-state index in [-0.39, 0.29) is 0 Å². The van der Waals surface area contributed by atoms with Crippen LogP contribution in [0.2, 0.25) is 0 Å². The Bertz CT molecular complexity index is 574. The molecular formula is C16H16N2S. The summed E-state index contributed by atoms with van der Waals surface area (Å²) < 4.78 is 0. The Hall–Kier alpha value is -2.00. The molecule has 2 aromatic rings. The molecule has 0 fully saturated rings. The summed E-state index contributed by atoms with van der Waals surface area (Å²) in [5.74, 6) is 0. The van der Waals surface area contributed by atoms with Gasteiger partial charge in [0, 0.05) is 10.5 Å². The van der Waals surface area contributed by atoms with E-state index in [1.807, 2.05) is 48.5 Å². The Labute approximate surface area is 118 Å². The molecule has 19 heavy (non-hydrogen) atoms. The second kappa shape index (κ2) is 6.81. The molecule has 0 unspecified atom stereocenters. The largest absolute Gasteiger partial charge is 0.390 e. The number of hydrogen-bond donors (Lipinski definition) is 1. The monoisotopic (exact) mass is 268 g/mol. The Balaban J connectivity index is 2.60. The molecule has 0 aliphatic carbocycles. The summed E-state index contributed by atoms with van der Waals surface area (Å²) in [4.78, 5) is 5.47. The van der Waals surface area contributed by atoms with Gasteiger partial charge in [-0.3, -0.25) is 0 Å². The van der Waals surface area contributed by atoms with Gasteiger partial charge >= 0.3 is 0 Å². The molecule has 2 N–H and O–H groups in total. The summed E-state index contributed by atoms with van der Waals surface area (Å²) in [6.07, 6.45) is 3.40. The van der Waals surface area contributed by atoms with Crippen LogP contribution in [0.1, 0.15) is 11.1 Å². The van der Waals surface area contributed by atoms with E-state index in [4.69, 9.17) is 5.73 Å². The van der Waals surface area contributed by atoms with Crippen molar-refractivity contribution >= 4 is 28.7 Å². The summed E-state index contributed by atoms with van der Waals surface area (Å²) in [6.45, 7) is 0. The Morgan fingerprint density at radius 3 is 1.95 bits per heavy atom. The van der Waals surface area contributed by atoms with E-state index in [1.54, 1.807) is 11.8 Å². The van der Waals surface area contributed by atoms with Crippen molar-refractivity contribution in [2.45, 2.75) is 0 Å². The molecule has 0 saturated carbocycles. The highest BCUT2D eigenvalue weighted by atomic mass is 32.2. The van der Waals surface area contributed by atoms with E-state index in [1.165, 1.54) is 6.34 Å². The van der Waals surface area contributed by atoms with Crippen LogP contribution in [0.4, 0.5) is 0 Å². The first-order chi connectivity index (χ1) is 9.36. The molecule has 96 valence electrons. The first-order valence-electron chi connectivity index (χ1n) is 6.00. The smallest absolute Gasteiger partial charge is 0.0861 e. The number of thioether (sulfide) groups is 1. The zero-order valence-corrected chi connectivity index (χ0v) is 11.6. The third-order valence-corrected chi connectivity index (χ3v) is 3.54. The highest BCUT2D eigenvalue weighted by Crippen LogP contribution is 2.34. The van der Waals surface area contributed by atoms with Gasteiger partial charge in [-0.15, -0.1) is 11.8 Å².